The Labute approximate surface area is 305 Å². The second-order valence-electron chi connectivity index (χ2n) is 12.6. The summed E-state index contributed by atoms with van der Waals surface area (Å²) in [4.78, 5) is 0. The number of allylic oxidation sites excluding steroid dienone is 1. The Kier molecular flexibility index (Phi) is 10.6. The van der Waals surface area contributed by atoms with Crippen molar-refractivity contribution in [2.24, 2.45) is 0 Å². The van der Waals surface area contributed by atoms with E-state index in [0.717, 1.165) is 12.8 Å². The van der Waals surface area contributed by atoms with Gasteiger partial charge in [-0.2, -0.15) is 0 Å². The predicted octanol–water partition coefficient (Wildman–Crippen LogP) is 4.96. The molecule has 0 N–H and O–H groups in total. The third-order valence-corrected chi connectivity index (χ3v) is 18.7. The number of hydrogen-bond acceptors (Lipinski definition) is 0. The zero-order valence-corrected chi connectivity index (χ0v) is 31.3. The number of fused-ring (bicyclic) bond motifs is 4. The summed E-state index contributed by atoms with van der Waals surface area (Å²) in [5, 5.41) is 0. The van der Waals surface area contributed by atoms with Crippen LogP contribution in [0.25, 0.3) is 16.7 Å². The van der Waals surface area contributed by atoms with Crippen LogP contribution in [0.4, 0.5) is 0 Å². The standard InChI is InChI=1S/C17H17.C15H11.C13H10.2ClH.Zr/c1-3-12-5-7-16-14(9-12)11-15-10-13(4-2)6-8-17(15)16;1-2-6-12(7-3-1)15-11-10-13-8-4-5-9-14(13)15;1-3-7-12(8-4-1)11-13-9-5-2-6-10-13;;;/h5-11H,3-4H2,1-2H3;1-11H;1-10H;2*1H;/q;;;;;+2/p-2. The van der Waals surface area contributed by atoms with Crippen LogP contribution in [0.5, 0.6) is 0 Å². The molecule has 0 saturated heterocycles. The fraction of sp³-hybridized carbons (Fsp3) is 0.133. The van der Waals surface area contributed by atoms with Gasteiger partial charge < -0.3 is 24.8 Å². The van der Waals surface area contributed by atoms with Crippen molar-refractivity contribution in [3.05, 3.63) is 208 Å². The molecule has 0 radical (unpaired) electrons. The van der Waals surface area contributed by atoms with E-state index in [0.29, 0.717) is 7.25 Å². The zero-order chi connectivity index (χ0) is 31.0. The third kappa shape index (κ3) is 6.07. The molecule has 0 fully saturated rings. The molecule has 1 atom stereocenters. The van der Waals surface area contributed by atoms with Gasteiger partial charge in [0.05, 0.1) is 0 Å². The molecular formula is C45H38Cl2Zr. The van der Waals surface area contributed by atoms with E-state index in [1.54, 1.807) is 14.3 Å². The van der Waals surface area contributed by atoms with Crippen molar-refractivity contribution in [2.75, 3.05) is 0 Å². The van der Waals surface area contributed by atoms with Gasteiger partial charge in [-0.15, -0.1) is 0 Å². The Morgan fingerprint density at radius 2 is 0.979 bits per heavy atom. The van der Waals surface area contributed by atoms with Gasteiger partial charge in [0.2, 0.25) is 0 Å². The van der Waals surface area contributed by atoms with Crippen LogP contribution < -0.4 is 24.8 Å². The molecule has 0 saturated carbocycles. The third-order valence-electron chi connectivity index (χ3n) is 10.0. The Hall–Kier alpha value is -3.61. The van der Waals surface area contributed by atoms with Crippen molar-refractivity contribution in [1.82, 2.24) is 0 Å². The minimum absolute atomic E-state index is 0. The summed E-state index contributed by atoms with van der Waals surface area (Å²) in [5.41, 5.74) is 17.2. The van der Waals surface area contributed by atoms with Crippen LogP contribution in [0, 0.1) is 0 Å². The smallest absolute Gasteiger partial charge is 1.00 e. The zero-order valence-electron chi connectivity index (χ0n) is 27.3. The van der Waals surface area contributed by atoms with Crippen LogP contribution in [0.2, 0.25) is 0 Å². The van der Waals surface area contributed by atoms with Crippen molar-refractivity contribution in [3.8, 4) is 11.1 Å². The van der Waals surface area contributed by atoms with Gasteiger partial charge in [-0.3, -0.25) is 0 Å². The van der Waals surface area contributed by atoms with Crippen LogP contribution in [-0.4, -0.2) is 3.21 Å². The van der Waals surface area contributed by atoms with Gasteiger partial charge in [0.25, 0.3) is 0 Å². The Morgan fingerprint density at radius 3 is 1.50 bits per heavy atom. The van der Waals surface area contributed by atoms with Crippen molar-refractivity contribution in [3.63, 3.8) is 0 Å². The molecule has 0 nitrogen and oxygen atoms in total. The SMILES string of the molecule is CCc1ccc2c(c1)[CH]([Zr+2](=[C](c1ccccc1)c1ccccc1)[CH]1C=C(c3ccccc3)c3ccccc31)c1cc(CC)ccc1-2.[Cl-].[Cl-]. The predicted molar refractivity (Wildman–Crippen MR) is 191 cm³/mol. The molecule has 0 amide bonds. The first-order chi connectivity index (χ1) is 22.7. The number of benzene rings is 6. The number of halogens is 2. The van der Waals surface area contributed by atoms with E-state index < -0.39 is 21.3 Å². The van der Waals surface area contributed by atoms with Gasteiger partial charge in [-0.25, -0.2) is 0 Å². The summed E-state index contributed by atoms with van der Waals surface area (Å²) in [7, 11) is 0. The summed E-state index contributed by atoms with van der Waals surface area (Å²) in [6.45, 7) is 4.59. The van der Waals surface area contributed by atoms with E-state index >= 15 is 0 Å². The van der Waals surface area contributed by atoms with E-state index in [2.05, 4.69) is 172 Å². The molecule has 1 unspecified atom stereocenters. The molecule has 0 heterocycles. The van der Waals surface area contributed by atoms with Crippen LogP contribution >= 0.6 is 0 Å². The van der Waals surface area contributed by atoms with Crippen molar-refractivity contribution in [1.29, 1.82) is 0 Å². The van der Waals surface area contributed by atoms with Crippen molar-refractivity contribution in [2.45, 2.75) is 33.9 Å². The molecule has 6 aromatic rings. The summed E-state index contributed by atoms with van der Waals surface area (Å²) in [6.07, 6.45) is 4.78. The van der Waals surface area contributed by atoms with Gasteiger partial charge in [-0.1, -0.05) is 0 Å². The van der Waals surface area contributed by atoms with E-state index in [9.17, 15) is 0 Å². The molecular weight excluding hydrogens is 703 g/mol. The quantitative estimate of drug-likeness (QED) is 0.217. The fourth-order valence-electron chi connectivity index (χ4n) is 7.81. The van der Waals surface area contributed by atoms with Crippen LogP contribution in [0.15, 0.2) is 158 Å². The van der Waals surface area contributed by atoms with E-state index in [4.69, 9.17) is 0 Å². The van der Waals surface area contributed by atoms with Gasteiger partial charge in [0.1, 0.15) is 0 Å². The number of rotatable bonds is 7. The van der Waals surface area contributed by atoms with E-state index in [1.165, 1.54) is 55.6 Å². The molecule has 0 bridgehead atoms. The maximum Gasteiger partial charge on any atom is -1.00 e. The van der Waals surface area contributed by atoms with Crippen LogP contribution in [0.3, 0.4) is 0 Å². The summed E-state index contributed by atoms with van der Waals surface area (Å²) in [6, 6.07) is 57.8. The number of aryl methyl sites for hydroxylation is 2. The van der Waals surface area contributed by atoms with Crippen molar-refractivity contribution >= 4 is 8.78 Å². The molecule has 8 rings (SSSR count). The van der Waals surface area contributed by atoms with E-state index in [1.807, 2.05) is 0 Å². The molecule has 0 aromatic heterocycles. The summed E-state index contributed by atoms with van der Waals surface area (Å²) >= 11 is -2.90. The topological polar surface area (TPSA) is 0 Å². The second kappa shape index (κ2) is 14.9. The fourth-order valence-corrected chi connectivity index (χ4v) is 17.7. The normalized spacial score (nSPS) is 13.9. The molecule has 236 valence electrons. The van der Waals surface area contributed by atoms with Crippen LogP contribution in [0.1, 0.15) is 71.2 Å². The molecule has 3 heteroatoms. The minimum atomic E-state index is -2.90. The first-order valence-corrected chi connectivity index (χ1v) is 20.8. The van der Waals surface area contributed by atoms with Gasteiger partial charge >= 0.3 is 283 Å². The minimum Gasteiger partial charge on any atom is -1.00 e. The molecule has 0 aliphatic heterocycles. The molecule has 6 aromatic carbocycles. The maximum absolute atomic E-state index is 2.90. The molecule has 2 aliphatic rings. The molecule has 2 aliphatic carbocycles. The Balaban J connectivity index is 0.00000201. The first kappa shape index (κ1) is 34.3. The molecule has 0 spiro atoms. The first-order valence-electron chi connectivity index (χ1n) is 16.7. The van der Waals surface area contributed by atoms with Gasteiger partial charge in [0, 0.05) is 0 Å². The average molecular weight is 741 g/mol. The average Bonchev–Trinajstić information content (AvgIpc) is 3.67. The summed E-state index contributed by atoms with van der Waals surface area (Å²) < 4.78 is 2.38. The Bertz CT molecular complexity index is 2020. The van der Waals surface area contributed by atoms with Gasteiger partial charge in [0.15, 0.2) is 0 Å². The molecule has 48 heavy (non-hydrogen) atoms. The second-order valence-corrected chi connectivity index (χ2v) is 19.0. The van der Waals surface area contributed by atoms with Crippen molar-refractivity contribution < 1.29 is 46.1 Å². The van der Waals surface area contributed by atoms with E-state index in [-0.39, 0.29) is 24.8 Å². The summed E-state index contributed by atoms with van der Waals surface area (Å²) in [5.74, 6) is 0. The Morgan fingerprint density at radius 1 is 0.500 bits per heavy atom. The largest absolute Gasteiger partial charge is 1.00 e. The van der Waals surface area contributed by atoms with Gasteiger partial charge in [-0.05, 0) is 0 Å². The maximum atomic E-state index is 2.69. The monoisotopic (exact) mass is 738 g/mol. The van der Waals surface area contributed by atoms with Crippen LogP contribution in [-0.2, 0) is 34.1 Å². The number of hydrogen-bond donors (Lipinski definition) is 0.